The van der Waals surface area contributed by atoms with E-state index in [0.717, 1.165) is 0 Å². The average Bonchev–Trinajstić information content (AvgIpc) is 2.91. The van der Waals surface area contributed by atoms with Gasteiger partial charge in [0.15, 0.2) is 9.84 Å². The highest BCUT2D eigenvalue weighted by molar-refractivity contribution is 7.91. The zero-order chi connectivity index (χ0) is 19.3. The lowest BCUT2D eigenvalue weighted by Crippen LogP contribution is -2.52. The van der Waals surface area contributed by atoms with Crippen LogP contribution >= 0.6 is 0 Å². The highest BCUT2D eigenvalue weighted by Crippen LogP contribution is 2.23. The molecule has 1 saturated heterocycles. The lowest BCUT2D eigenvalue weighted by molar-refractivity contribution is -0.118. The van der Waals surface area contributed by atoms with Crippen LogP contribution < -0.4 is 20.7 Å². The molecule has 0 spiro atoms. The van der Waals surface area contributed by atoms with Crippen LogP contribution in [0.1, 0.15) is 20.3 Å². The molecule has 8 nitrogen and oxygen atoms in total. The van der Waals surface area contributed by atoms with Crippen LogP contribution in [0.4, 0.5) is 10.5 Å². The molecule has 2 atom stereocenters. The first kappa shape index (κ1) is 20.0. The van der Waals surface area contributed by atoms with E-state index in [1.807, 2.05) is 13.8 Å². The monoisotopic (exact) mass is 383 g/mol. The predicted molar refractivity (Wildman–Crippen MR) is 99.0 cm³/mol. The number of hydrogen-bond donors (Lipinski definition) is 3. The van der Waals surface area contributed by atoms with E-state index in [0.29, 0.717) is 17.9 Å². The van der Waals surface area contributed by atoms with Gasteiger partial charge in [0.05, 0.1) is 24.3 Å². The Balaban J connectivity index is 1.99. The average molecular weight is 383 g/mol. The SMILES string of the molecule is COc1ccccc1NC(=O)[C@@H](NC(=O)N[C@@H]1CCS(=O)(=O)C1)C(C)C. The van der Waals surface area contributed by atoms with Gasteiger partial charge in [0, 0.05) is 6.04 Å². The van der Waals surface area contributed by atoms with Crippen LogP contribution in [0, 0.1) is 5.92 Å². The summed E-state index contributed by atoms with van der Waals surface area (Å²) >= 11 is 0. The minimum atomic E-state index is -3.09. The Kier molecular flexibility index (Phi) is 6.47. The standard InChI is InChI=1S/C17H25N3O5S/c1-11(2)15(16(21)19-13-6-4-5-7-14(13)25-3)20-17(22)18-12-8-9-26(23,24)10-12/h4-7,11-12,15H,8-10H2,1-3H3,(H,19,21)(H2,18,20,22)/t12-,15+/m1/s1. The molecule has 2 rings (SSSR count). The zero-order valence-corrected chi connectivity index (χ0v) is 15.9. The summed E-state index contributed by atoms with van der Waals surface area (Å²) < 4.78 is 28.2. The van der Waals surface area contributed by atoms with Crippen LogP contribution in [0.2, 0.25) is 0 Å². The number of carbonyl (C=O) groups is 2. The molecular weight excluding hydrogens is 358 g/mol. The van der Waals surface area contributed by atoms with Crippen molar-refractivity contribution in [3.05, 3.63) is 24.3 Å². The fraction of sp³-hybridized carbons (Fsp3) is 0.529. The first-order chi connectivity index (χ1) is 12.2. The molecule has 26 heavy (non-hydrogen) atoms. The molecule has 3 N–H and O–H groups in total. The Hall–Kier alpha value is -2.29. The highest BCUT2D eigenvalue weighted by atomic mass is 32.2. The molecule has 3 amide bonds. The number of anilines is 1. The van der Waals surface area contributed by atoms with Crippen LogP contribution in [0.25, 0.3) is 0 Å². The first-order valence-electron chi connectivity index (χ1n) is 8.43. The summed E-state index contributed by atoms with van der Waals surface area (Å²) in [5.41, 5.74) is 0.509. The summed E-state index contributed by atoms with van der Waals surface area (Å²) in [5, 5.41) is 8.01. The van der Waals surface area contributed by atoms with E-state index in [2.05, 4.69) is 16.0 Å². The number of methoxy groups -OCH3 is 1. The third-order valence-electron chi connectivity index (χ3n) is 4.17. The molecule has 0 bridgehead atoms. The molecule has 1 aliphatic rings. The van der Waals surface area contributed by atoms with Gasteiger partial charge >= 0.3 is 6.03 Å². The Morgan fingerprint density at radius 2 is 1.92 bits per heavy atom. The molecule has 0 saturated carbocycles. The number of ether oxygens (including phenoxy) is 1. The van der Waals surface area contributed by atoms with Crippen LogP contribution in [0.3, 0.4) is 0 Å². The summed E-state index contributed by atoms with van der Waals surface area (Å²) in [6, 6.07) is 5.22. The van der Waals surface area contributed by atoms with Gasteiger partial charge in [-0.15, -0.1) is 0 Å². The van der Waals surface area contributed by atoms with Gasteiger partial charge in [-0.05, 0) is 24.5 Å². The third-order valence-corrected chi connectivity index (χ3v) is 5.94. The smallest absolute Gasteiger partial charge is 0.315 e. The fourth-order valence-electron chi connectivity index (χ4n) is 2.77. The number of benzene rings is 1. The van der Waals surface area contributed by atoms with Crippen molar-refractivity contribution in [3.63, 3.8) is 0 Å². The molecule has 0 aliphatic carbocycles. The Morgan fingerprint density at radius 3 is 2.50 bits per heavy atom. The predicted octanol–water partition coefficient (Wildman–Crippen LogP) is 1.14. The van der Waals surface area contributed by atoms with Crippen molar-refractivity contribution in [2.75, 3.05) is 23.9 Å². The second-order valence-electron chi connectivity index (χ2n) is 6.63. The van der Waals surface area contributed by atoms with Crippen molar-refractivity contribution in [2.24, 2.45) is 5.92 Å². The molecule has 1 aromatic carbocycles. The van der Waals surface area contributed by atoms with Crippen LogP contribution in [0.5, 0.6) is 5.75 Å². The summed E-state index contributed by atoms with van der Waals surface area (Å²) in [5.74, 6) is -0.0227. The van der Waals surface area contributed by atoms with Gasteiger partial charge in [0.1, 0.15) is 11.8 Å². The lowest BCUT2D eigenvalue weighted by Gasteiger charge is -2.23. The van der Waals surface area contributed by atoms with E-state index >= 15 is 0 Å². The maximum absolute atomic E-state index is 12.6. The molecule has 0 aromatic heterocycles. The van der Waals surface area contributed by atoms with Crippen LogP contribution in [-0.2, 0) is 14.6 Å². The number of urea groups is 1. The van der Waals surface area contributed by atoms with Crippen molar-refractivity contribution >= 4 is 27.5 Å². The molecule has 1 fully saturated rings. The summed E-state index contributed by atoms with van der Waals surface area (Å²) in [6.45, 7) is 3.62. The molecule has 1 aromatic rings. The first-order valence-corrected chi connectivity index (χ1v) is 10.3. The van der Waals surface area contributed by atoms with Gasteiger partial charge < -0.3 is 20.7 Å². The molecule has 0 unspecified atom stereocenters. The summed E-state index contributed by atoms with van der Waals surface area (Å²) in [7, 11) is -1.58. The van der Waals surface area contributed by atoms with Crippen molar-refractivity contribution in [3.8, 4) is 5.75 Å². The highest BCUT2D eigenvalue weighted by Gasteiger charge is 2.31. The summed E-state index contributed by atoms with van der Waals surface area (Å²) in [4.78, 5) is 24.8. The van der Waals surface area contributed by atoms with Crippen molar-refractivity contribution in [2.45, 2.75) is 32.4 Å². The molecular formula is C17H25N3O5S. The quantitative estimate of drug-likeness (QED) is 0.682. The molecule has 9 heteroatoms. The van der Waals surface area contributed by atoms with E-state index in [1.54, 1.807) is 24.3 Å². The molecule has 1 heterocycles. The van der Waals surface area contributed by atoms with Crippen molar-refractivity contribution in [1.82, 2.24) is 10.6 Å². The zero-order valence-electron chi connectivity index (χ0n) is 15.1. The second-order valence-corrected chi connectivity index (χ2v) is 8.86. The largest absolute Gasteiger partial charge is 0.495 e. The van der Waals surface area contributed by atoms with Gasteiger partial charge in [-0.1, -0.05) is 26.0 Å². The number of hydrogen-bond acceptors (Lipinski definition) is 5. The number of sulfone groups is 1. The third kappa shape index (κ3) is 5.35. The Bertz CT molecular complexity index is 763. The van der Waals surface area contributed by atoms with E-state index in [1.165, 1.54) is 7.11 Å². The van der Waals surface area contributed by atoms with E-state index < -0.39 is 28.0 Å². The van der Waals surface area contributed by atoms with Gasteiger partial charge in [-0.2, -0.15) is 0 Å². The maximum atomic E-state index is 12.6. The van der Waals surface area contributed by atoms with Crippen LogP contribution in [0.15, 0.2) is 24.3 Å². The number of amides is 3. The van der Waals surface area contributed by atoms with Crippen molar-refractivity contribution in [1.29, 1.82) is 0 Å². The Labute approximate surface area is 153 Å². The van der Waals surface area contributed by atoms with E-state index in [4.69, 9.17) is 4.74 Å². The van der Waals surface area contributed by atoms with Crippen LogP contribution in [-0.4, -0.2) is 51.1 Å². The van der Waals surface area contributed by atoms with Gasteiger partial charge in [-0.25, -0.2) is 13.2 Å². The van der Waals surface area contributed by atoms with E-state index in [9.17, 15) is 18.0 Å². The second kappa shape index (κ2) is 8.39. The molecule has 1 aliphatic heterocycles. The topological polar surface area (TPSA) is 114 Å². The van der Waals surface area contributed by atoms with Gasteiger partial charge in [0.2, 0.25) is 5.91 Å². The maximum Gasteiger partial charge on any atom is 0.315 e. The van der Waals surface area contributed by atoms with Gasteiger partial charge in [0.25, 0.3) is 0 Å². The van der Waals surface area contributed by atoms with Crippen molar-refractivity contribution < 1.29 is 22.7 Å². The van der Waals surface area contributed by atoms with E-state index in [-0.39, 0.29) is 23.3 Å². The number of nitrogens with one attached hydrogen (secondary N) is 3. The minimum absolute atomic E-state index is 0.0693. The van der Waals surface area contributed by atoms with Gasteiger partial charge in [-0.3, -0.25) is 4.79 Å². The fourth-order valence-corrected chi connectivity index (χ4v) is 4.44. The number of carbonyl (C=O) groups excluding carboxylic acids is 2. The lowest BCUT2D eigenvalue weighted by atomic mass is 10.0. The number of rotatable bonds is 6. The Morgan fingerprint density at radius 1 is 1.23 bits per heavy atom. The number of para-hydroxylation sites is 2. The molecule has 144 valence electrons. The molecule has 0 radical (unpaired) electrons. The minimum Gasteiger partial charge on any atom is -0.495 e. The summed E-state index contributed by atoms with van der Waals surface area (Å²) in [6.07, 6.45) is 0.384. The normalized spacial score (nSPS) is 19.6.